The van der Waals surface area contributed by atoms with Crippen molar-refractivity contribution < 1.29 is 28.6 Å². The number of methoxy groups -OCH3 is 2. The summed E-state index contributed by atoms with van der Waals surface area (Å²) in [6.45, 7) is 1.89. The Bertz CT molecular complexity index is 1270. The monoisotopic (exact) mass is 461 g/mol. The van der Waals surface area contributed by atoms with E-state index in [1.54, 1.807) is 42.5 Å². The van der Waals surface area contributed by atoms with Crippen molar-refractivity contribution in [3.05, 3.63) is 88.7 Å². The quantitative estimate of drug-likeness (QED) is 0.462. The smallest absolute Gasteiger partial charge is 0.257 e. The number of carbonyl (C=O) groups is 1. The fraction of sp³-hybridized carbons (Fsp3) is 0.148. The second-order valence-corrected chi connectivity index (χ2v) is 7.74. The number of ether oxygens (including phenoxy) is 2. The molecule has 0 spiro atoms. The summed E-state index contributed by atoms with van der Waals surface area (Å²) in [5, 5.41) is 10.2. The first-order chi connectivity index (χ1) is 16.4. The van der Waals surface area contributed by atoms with Crippen LogP contribution in [-0.2, 0) is 4.79 Å². The molecule has 0 atom stereocenters. The predicted molar refractivity (Wildman–Crippen MR) is 128 cm³/mol. The maximum atomic E-state index is 14.1. The van der Waals surface area contributed by atoms with Crippen LogP contribution in [0.3, 0.4) is 0 Å². The Balaban J connectivity index is 1.68. The summed E-state index contributed by atoms with van der Waals surface area (Å²) >= 11 is 0. The molecule has 0 saturated carbocycles. The van der Waals surface area contributed by atoms with Gasteiger partial charge in [-0.05, 0) is 82.8 Å². The van der Waals surface area contributed by atoms with Crippen LogP contribution in [0.4, 0.5) is 4.39 Å². The van der Waals surface area contributed by atoms with Gasteiger partial charge in [0.25, 0.3) is 5.91 Å². The van der Waals surface area contributed by atoms with Gasteiger partial charge in [-0.3, -0.25) is 4.79 Å². The predicted octanol–water partition coefficient (Wildman–Crippen LogP) is 5.38. The Hall–Kier alpha value is -4.26. The van der Waals surface area contributed by atoms with Crippen molar-refractivity contribution in [2.45, 2.75) is 13.3 Å². The highest BCUT2D eigenvalue weighted by molar-refractivity contribution is 6.08. The standard InChI is InChI=1S/C27H24FNO5/c1-16-21(11-17-12-24(32-2)27(31)25(13-17)33-3)20-10-9-18(28)14-23(20)22(16)15-26(30)29-34-19-7-5-4-6-8-19/h4-14,31H,15H2,1-3H3,(H,29,30). The molecule has 0 radical (unpaired) electrons. The minimum Gasteiger partial charge on any atom is -0.502 e. The Kier molecular flexibility index (Phi) is 6.54. The van der Waals surface area contributed by atoms with Crippen molar-refractivity contribution in [2.24, 2.45) is 0 Å². The molecule has 0 aromatic heterocycles. The molecular weight excluding hydrogens is 437 g/mol. The number of rotatable bonds is 7. The topological polar surface area (TPSA) is 77.0 Å². The van der Waals surface area contributed by atoms with Crippen molar-refractivity contribution in [1.82, 2.24) is 5.48 Å². The van der Waals surface area contributed by atoms with Crippen LogP contribution in [0.15, 0.2) is 66.2 Å². The zero-order valence-electron chi connectivity index (χ0n) is 19.0. The van der Waals surface area contributed by atoms with Gasteiger partial charge in [0.15, 0.2) is 17.2 Å². The van der Waals surface area contributed by atoms with E-state index in [4.69, 9.17) is 14.3 Å². The molecule has 0 saturated heterocycles. The molecular formula is C27H24FNO5. The van der Waals surface area contributed by atoms with Gasteiger partial charge < -0.3 is 19.4 Å². The maximum Gasteiger partial charge on any atom is 0.257 e. The first kappa shape index (κ1) is 22.9. The van der Waals surface area contributed by atoms with Gasteiger partial charge in [-0.25, -0.2) is 4.39 Å². The van der Waals surface area contributed by atoms with Crippen LogP contribution in [0.25, 0.3) is 17.2 Å². The molecule has 34 heavy (non-hydrogen) atoms. The molecule has 1 aliphatic carbocycles. The molecule has 7 heteroatoms. The van der Waals surface area contributed by atoms with Crippen molar-refractivity contribution in [2.75, 3.05) is 14.2 Å². The second-order valence-electron chi connectivity index (χ2n) is 7.74. The number of hydrogen-bond donors (Lipinski definition) is 2. The van der Waals surface area contributed by atoms with Crippen LogP contribution in [0.2, 0.25) is 0 Å². The third kappa shape index (κ3) is 4.59. The molecule has 174 valence electrons. The molecule has 3 aromatic rings. The van der Waals surface area contributed by atoms with Crippen LogP contribution >= 0.6 is 0 Å². The van der Waals surface area contributed by atoms with E-state index < -0.39 is 0 Å². The van der Waals surface area contributed by atoms with E-state index in [9.17, 15) is 14.3 Å². The molecule has 0 unspecified atom stereocenters. The van der Waals surface area contributed by atoms with Gasteiger partial charge in [0.05, 0.1) is 20.6 Å². The first-order valence-electron chi connectivity index (χ1n) is 10.6. The number of phenols is 1. The maximum absolute atomic E-state index is 14.1. The zero-order chi connectivity index (χ0) is 24.2. The van der Waals surface area contributed by atoms with Gasteiger partial charge in [-0.2, -0.15) is 5.48 Å². The molecule has 1 amide bonds. The zero-order valence-corrected chi connectivity index (χ0v) is 19.0. The van der Waals surface area contributed by atoms with E-state index in [0.29, 0.717) is 22.4 Å². The van der Waals surface area contributed by atoms with E-state index >= 15 is 0 Å². The van der Waals surface area contributed by atoms with Gasteiger partial charge in [0, 0.05) is 0 Å². The van der Waals surface area contributed by atoms with Crippen molar-refractivity contribution in [3.8, 4) is 23.0 Å². The van der Waals surface area contributed by atoms with E-state index in [0.717, 1.165) is 16.7 Å². The van der Waals surface area contributed by atoms with Crippen LogP contribution in [0.5, 0.6) is 23.0 Å². The van der Waals surface area contributed by atoms with E-state index in [-0.39, 0.29) is 35.4 Å². The highest BCUT2D eigenvalue weighted by atomic mass is 19.1. The Labute approximate surface area is 196 Å². The van der Waals surface area contributed by atoms with Crippen molar-refractivity contribution in [1.29, 1.82) is 0 Å². The number of allylic oxidation sites excluding steroid dienone is 2. The second kappa shape index (κ2) is 9.70. The Morgan fingerprint density at radius 3 is 2.32 bits per heavy atom. The average molecular weight is 461 g/mol. The van der Waals surface area contributed by atoms with Crippen molar-refractivity contribution in [3.63, 3.8) is 0 Å². The van der Waals surface area contributed by atoms with Crippen LogP contribution < -0.4 is 19.8 Å². The number of carbonyl (C=O) groups excluding carboxylic acids is 1. The van der Waals surface area contributed by atoms with Gasteiger partial charge in [0.2, 0.25) is 5.75 Å². The van der Waals surface area contributed by atoms with Crippen LogP contribution in [-0.4, -0.2) is 25.2 Å². The lowest BCUT2D eigenvalue weighted by Gasteiger charge is -2.11. The number of benzene rings is 3. The van der Waals surface area contributed by atoms with Gasteiger partial charge in [-0.15, -0.1) is 0 Å². The fourth-order valence-corrected chi connectivity index (χ4v) is 3.95. The van der Waals surface area contributed by atoms with Gasteiger partial charge in [0.1, 0.15) is 5.82 Å². The molecule has 0 bridgehead atoms. The number of amides is 1. The molecule has 0 fully saturated rings. The molecule has 3 aromatic carbocycles. The minimum absolute atomic E-state index is 0.00861. The summed E-state index contributed by atoms with van der Waals surface area (Å²) in [5.74, 6) is 0.201. The summed E-state index contributed by atoms with van der Waals surface area (Å²) in [6, 6.07) is 16.8. The molecule has 2 N–H and O–H groups in total. The van der Waals surface area contributed by atoms with Gasteiger partial charge >= 0.3 is 0 Å². The van der Waals surface area contributed by atoms with E-state index in [1.807, 2.05) is 19.1 Å². The number of hydroxylamine groups is 1. The lowest BCUT2D eigenvalue weighted by atomic mass is 10.00. The first-order valence-corrected chi connectivity index (χ1v) is 10.6. The Morgan fingerprint density at radius 1 is 1.00 bits per heavy atom. The summed E-state index contributed by atoms with van der Waals surface area (Å²) < 4.78 is 24.6. The number of aromatic hydroxyl groups is 1. The lowest BCUT2D eigenvalue weighted by molar-refractivity contribution is -0.126. The van der Waals surface area contributed by atoms with Gasteiger partial charge in [-0.1, -0.05) is 24.3 Å². The van der Waals surface area contributed by atoms with Crippen LogP contribution in [0.1, 0.15) is 30.0 Å². The highest BCUT2D eigenvalue weighted by Gasteiger charge is 2.26. The van der Waals surface area contributed by atoms with E-state index in [1.165, 1.54) is 26.4 Å². The number of halogens is 1. The third-order valence-electron chi connectivity index (χ3n) is 5.63. The summed E-state index contributed by atoms with van der Waals surface area (Å²) in [5.41, 5.74) is 6.98. The highest BCUT2D eigenvalue weighted by Crippen LogP contribution is 2.45. The largest absolute Gasteiger partial charge is 0.502 e. The normalized spacial score (nSPS) is 13.6. The average Bonchev–Trinajstić information content (AvgIpc) is 3.09. The lowest BCUT2D eigenvalue weighted by Crippen LogP contribution is -2.26. The SMILES string of the molecule is COc1cc(C=C2C(C)=C(CC(=O)NOc3ccccc3)c3cc(F)ccc32)cc(OC)c1O. The third-order valence-corrected chi connectivity index (χ3v) is 5.63. The summed E-state index contributed by atoms with van der Waals surface area (Å²) in [6.07, 6.45) is 1.90. The molecule has 0 aliphatic heterocycles. The summed E-state index contributed by atoms with van der Waals surface area (Å²) in [4.78, 5) is 18.0. The number of hydrogen-bond acceptors (Lipinski definition) is 5. The number of phenolic OH excluding ortho intramolecular Hbond substituents is 1. The molecule has 1 aliphatic rings. The van der Waals surface area contributed by atoms with Crippen LogP contribution in [0, 0.1) is 5.82 Å². The van der Waals surface area contributed by atoms with Crippen molar-refractivity contribution >= 4 is 23.1 Å². The number of fused-ring (bicyclic) bond motifs is 1. The number of para-hydroxylation sites is 1. The summed E-state index contributed by atoms with van der Waals surface area (Å²) in [7, 11) is 2.91. The molecule has 0 heterocycles. The number of nitrogens with one attached hydrogen (secondary N) is 1. The molecule has 6 nitrogen and oxygen atoms in total. The minimum atomic E-state index is -0.390. The van der Waals surface area contributed by atoms with E-state index in [2.05, 4.69) is 5.48 Å². The fourth-order valence-electron chi connectivity index (χ4n) is 3.95. The molecule has 4 rings (SSSR count). The Morgan fingerprint density at radius 2 is 1.68 bits per heavy atom.